The molecule has 2 N–H and O–H groups in total. The van der Waals surface area contributed by atoms with Crippen LogP contribution >= 0.6 is 0 Å². The van der Waals surface area contributed by atoms with Crippen molar-refractivity contribution in [3.63, 3.8) is 0 Å². The number of pyridine rings is 1. The molecule has 32 heavy (non-hydrogen) atoms. The lowest BCUT2D eigenvalue weighted by Gasteiger charge is -2.29. The second-order valence-electron chi connectivity index (χ2n) is 8.34. The second-order valence-corrected chi connectivity index (χ2v) is 8.34. The van der Waals surface area contributed by atoms with E-state index in [-0.39, 0.29) is 0 Å². The third-order valence-corrected chi connectivity index (χ3v) is 6.05. The zero-order valence-electron chi connectivity index (χ0n) is 18.6. The Morgan fingerprint density at radius 1 is 1.03 bits per heavy atom. The summed E-state index contributed by atoms with van der Waals surface area (Å²) in [5.41, 5.74) is 8.21. The summed E-state index contributed by atoms with van der Waals surface area (Å²) in [6.45, 7) is 4.21. The smallest absolute Gasteiger partial charge is 0.135 e. The van der Waals surface area contributed by atoms with Gasteiger partial charge in [0.05, 0.1) is 13.2 Å². The third kappa shape index (κ3) is 4.14. The van der Waals surface area contributed by atoms with Crippen LogP contribution in [0.3, 0.4) is 0 Å². The highest BCUT2D eigenvalue weighted by Crippen LogP contribution is 2.34. The van der Waals surface area contributed by atoms with Crippen LogP contribution in [0, 0.1) is 0 Å². The van der Waals surface area contributed by atoms with Crippen LogP contribution in [0.1, 0.15) is 16.7 Å². The lowest BCUT2D eigenvalue weighted by molar-refractivity contribution is 0.122. The molecule has 2 aromatic carbocycles. The molecule has 0 amide bonds. The maximum Gasteiger partial charge on any atom is 0.135 e. The standard InChI is InChI=1S/C26H29N5O/c1-30(2)22-5-3-4-19(16-22)24-17-27-18-25-23(24)10-11-28-26(25)29-20-6-8-21(9-7-20)31-12-14-32-15-13-31/h3-11,16-17,27H,12-15,18H2,1-2H3,(H,28,29). The fourth-order valence-electron chi connectivity index (χ4n) is 4.27. The number of benzene rings is 2. The van der Waals surface area contributed by atoms with E-state index in [0.717, 1.165) is 44.4 Å². The summed E-state index contributed by atoms with van der Waals surface area (Å²) in [6, 6.07) is 19.3. The monoisotopic (exact) mass is 427 g/mol. The normalized spacial score (nSPS) is 15.4. The van der Waals surface area contributed by atoms with E-state index in [0.29, 0.717) is 0 Å². The predicted octanol–water partition coefficient (Wildman–Crippen LogP) is 4.22. The van der Waals surface area contributed by atoms with Crippen molar-refractivity contribution >= 4 is 28.5 Å². The van der Waals surface area contributed by atoms with Gasteiger partial charge in [0.2, 0.25) is 0 Å². The molecule has 0 radical (unpaired) electrons. The van der Waals surface area contributed by atoms with E-state index in [9.17, 15) is 0 Å². The van der Waals surface area contributed by atoms with Crippen molar-refractivity contribution in [2.45, 2.75) is 6.54 Å². The first-order valence-corrected chi connectivity index (χ1v) is 11.1. The first-order chi connectivity index (χ1) is 15.7. The van der Waals surface area contributed by atoms with Gasteiger partial charge in [0.1, 0.15) is 5.82 Å². The molecule has 3 aromatic rings. The SMILES string of the molecule is CN(C)c1cccc(C2=CNCc3c2ccnc3Nc2ccc(N3CCOCC3)cc2)c1. The highest BCUT2D eigenvalue weighted by Gasteiger charge is 2.19. The van der Waals surface area contributed by atoms with Crippen molar-refractivity contribution in [3.8, 4) is 0 Å². The summed E-state index contributed by atoms with van der Waals surface area (Å²) in [4.78, 5) is 9.15. The molecule has 164 valence electrons. The van der Waals surface area contributed by atoms with Crippen molar-refractivity contribution in [2.24, 2.45) is 0 Å². The predicted molar refractivity (Wildman–Crippen MR) is 132 cm³/mol. The van der Waals surface area contributed by atoms with Crippen molar-refractivity contribution in [1.82, 2.24) is 10.3 Å². The first kappa shape index (κ1) is 20.4. The van der Waals surface area contributed by atoms with Crippen LogP contribution in [0.15, 0.2) is 67.0 Å². The van der Waals surface area contributed by atoms with Crippen LogP contribution in [0.4, 0.5) is 22.9 Å². The lowest BCUT2D eigenvalue weighted by atomic mass is 9.93. The van der Waals surface area contributed by atoms with Gasteiger partial charge in [-0.05, 0) is 53.6 Å². The number of nitrogens with one attached hydrogen (secondary N) is 2. The zero-order chi connectivity index (χ0) is 21.9. The zero-order valence-corrected chi connectivity index (χ0v) is 18.6. The summed E-state index contributed by atoms with van der Waals surface area (Å²) in [7, 11) is 4.13. The quantitative estimate of drug-likeness (QED) is 0.636. The van der Waals surface area contributed by atoms with Crippen LogP contribution in [-0.2, 0) is 11.3 Å². The van der Waals surface area contributed by atoms with Crippen molar-refractivity contribution < 1.29 is 4.74 Å². The van der Waals surface area contributed by atoms with Gasteiger partial charge < -0.3 is 25.2 Å². The number of nitrogens with zero attached hydrogens (tertiary/aromatic N) is 3. The van der Waals surface area contributed by atoms with Crippen molar-refractivity contribution in [1.29, 1.82) is 0 Å². The Labute approximate surface area is 189 Å². The Hall–Kier alpha value is -3.51. The van der Waals surface area contributed by atoms with Crippen molar-refractivity contribution in [2.75, 3.05) is 55.5 Å². The van der Waals surface area contributed by atoms with E-state index in [1.54, 1.807) is 0 Å². The Bertz CT molecular complexity index is 1120. The molecule has 0 saturated carbocycles. The van der Waals surface area contributed by atoms with E-state index in [2.05, 4.69) is 100 Å². The number of rotatable bonds is 5. The van der Waals surface area contributed by atoms with Crippen LogP contribution < -0.4 is 20.4 Å². The van der Waals surface area contributed by atoms with Crippen LogP contribution in [0.5, 0.6) is 0 Å². The molecule has 1 saturated heterocycles. The fraction of sp³-hybridized carbons (Fsp3) is 0.269. The maximum atomic E-state index is 5.46. The number of hydrogen-bond donors (Lipinski definition) is 2. The molecule has 0 unspecified atom stereocenters. The molecule has 0 atom stereocenters. The number of morpholine rings is 1. The molecular formula is C26H29N5O. The summed E-state index contributed by atoms with van der Waals surface area (Å²) in [5.74, 6) is 0.892. The molecule has 6 nitrogen and oxygen atoms in total. The minimum atomic E-state index is 0.744. The Balaban J connectivity index is 1.40. The van der Waals surface area contributed by atoms with Crippen LogP contribution in [0.2, 0.25) is 0 Å². The molecular weight excluding hydrogens is 398 g/mol. The summed E-state index contributed by atoms with van der Waals surface area (Å²) in [6.07, 6.45) is 4.00. The molecule has 2 aliphatic heterocycles. The number of anilines is 4. The molecule has 0 spiro atoms. The Morgan fingerprint density at radius 3 is 2.62 bits per heavy atom. The van der Waals surface area contributed by atoms with Gasteiger partial charge in [0.25, 0.3) is 0 Å². The summed E-state index contributed by atoms with van der Waals surface area (Å²) < 4.78 is 5.46. The van der Waals surface area contributed by atoms with Gasteiger partial charge >= 0.3 is 0 Å². The van der Waals surface area contributed by atoms with Crippen LogP contribution in [0.25, 0.3) is 5.57 Å². The molecule has 5 rings (SSSR count). The molecule has 3 heterocycles. The van der Waals surface area contributed by atoms with Gasteiger partial charge in [-0.25, -0.2) is 4.98 Å². The summed E-state index contributed by atoms with van der Waals surface area (Å²) >= 11 is 0. The highest BCUT2D eigenvalue weighted by atomic mass is 16.5. The van der Waals surface area contributed by atoms with E-state index < -0.39 is 0 Å². The second kappa shape index (κ2) is 8.93. The summed E-state index contributed by atoms with van der Waals surface area (Å²) in [5, 5.41) is 6.98. The van der Waals surface area contributed by atoms with E-state index >= 15 is 0 Å². The molecule has 0 aliphatic carbocycles. The van der Waals surface area contributed by atoms with E-state index in [1.165, 1.54) is 33.6 Å². The van der Waals surface area contributed by atoms with Gasteiger partial charge in [-0.15, -0.1) is 0 Å². The van der Waals surface area contributed by atoms with Gasteiger partial charge in [0, 0.05) is 74.3 Å². The van der Waals surface area contributed by atoms with Gasteiger partial charge in [-0.3, -0.25) is 0 Å². The molecule has 1 fully saturated rings. The topological polar surface area (TPSA) is 52.7 Å². The molecule has 2 aliphatic rings. The minimum Gasteiger partial charge on any atom is -0.386 e. The average molecular weight is 428 g/mol. The van der Waals surface area contributed by atoms with Crippen molar-refractivity contribution in [3.05, 3.63) is 83.7 Å². The number of hydrogen-bond acceptors (Lipinski definition) is 6. The molecule has 6 heteroatoms. The van der Waals surface area contributed by atoms with Gasteiger partial charge in [-0.2, -0.15) is 0 Å². The number of aromatic nitrogens is 1. The molecule has 1 aromatic heterocycles. The van der Waals surface area contributed by atoms with E-state index in [1.807, 2.05) is 6.20 Å². The minimum absolute atomic E-state index is 0.744. The maximum absolute atomic E-state index is 5.46. The highest BCUT2D eigenvalue weighted by molar-refractivity contribution is 5.85. The Kier molecular flexibility index (Phi) is 5.69. The van der Waals surface area contributed by atoms with Gasteiger partial charge in [-0.1, -0.05) is 12.1 Å². The largest absolute Gasteiger partial charge is 0.386 e. The van der Waals surface area contributed by atoms with Gasteiger partial charge in [0.15, 0.2) is 0 Å². The number of fused-ring (bicyclic) bond motifs is 1. The lowest BCUT2D eigenvalue weighted by Crippen LogP contribution is -2.36. The Morgan fingerprint density at radius 2 is 1.84 bits per heavy atom. The first-order valence-electron chi connectivity index (χ1n) is 11.1. The third-order valence-electron chi connectivity index (χ3n) is 6.05. The molecule has 0 bridgehead atoms. The fourth-order valence-corrected chi connectivity index (χ4v) is 4.27. The van der Waals surface area contributed by atoms with Crippen LogP contribution in [-0.4, -0.2) is 45.4 Å². The number of ether oxygens (including phenoxy) is 1. The average Bonchev–Trinajstić information content (AvgIpc) is 2.85. The van der Waals surface area contributed by atoms with E-state index in [4.69, 9.17) is 4.74 Å².